The van der Waals surface area contributed by atoms with Gasteiger partial charge in [0.1, 0.15) is 6.61 Å². The second kappa shape index (κ2) is 6.08. The number of carbonyl (C=O) groups is 1. The predicted octanol–water partition coefficient (Wildman–Crippen LogP) is 1.25. The molecular formula is C16H19NO3. The first-order chi connectivity index (χ1) is 9.54. The number of carbonyl (C=O) groups excluding carboxylic acids is 1. The lowest BCUT2D eigenvalue weighted by Gasteiger charge is -2.24. The quantitative estimate of drug-likeness (QED) is 0.797. The molecule has 0 aliphatic carbocycles. The number of amides is 1. The molecule has 1 aliphatic rings. The molecule has 1 unspecified atom stereocenters. The van der Waals surface area contributed by atoms with Crippen molar-refractivity contribution in [2.45, 2.75) is 25.8 Å². The largest absolute Gasteiger partial charge is 0.384 e. The maximum atomic E-state index is 12.4. The van der Waals surface area contributed by atoms with Crippen LogP contribution >= 0.6 is 0 Å². The van der Waals surface area contributed by atoms with E-state index in [9.17, 15) is 4.79 Å². The van der Waals surface area contributed by atoms with Gasteiger partial charge in [0.15, 0.2) is 0 Å². The van der Waals surface area contributed by atoms with Gasteiger partial charge in [-0.2, -0.15) is 0 Å². The Balaban J connectivity index is 2.26. The average Bonchev–Trinajstić information content (AvgIpc) is 2.83. The molecule has 1 fully saturated rings. The Labute approximate surface area is 119 Å². The highest BCUT2D eigenvalue weighted by Gasteiger charge is 2.31. The SMILES string of the molecule is Cc1ccc(C#CCO)c(C(=O)NC2(C)CCOC2)c1. The van der Waals surface area contributed by atoms with Crippen LogP contribution < -0.4 is 5.32 Å². The molecule has 0 radical (unpaired) electrons. The van der Waals surface area contributed by atoms with Crippen LogP contribution in [0.2, 0.25) is 0 Å². The lowest BCUT2D eigenvalue weighted by Crippen LogP contribution is -2.46. The molecule has 1 aromatic rings. The molecule has 0 aromatic heterocycles. The highest BCUT2D eigenvalue weighted by atomic mass is 16.5. The number of benzene rings is 1. The van der Waals surface area contributed by atoms with Crippen molar-refractivity contribution >= 4 is 5.91 Å². The molecule has 2 rings (SSSR count). The van der Waals surface area contributed by atoms with Crippen molar-refractivity contribution in [2.24, 2.45) is 0 Å². The number of aliphatic hydroxyl groups excluding tert-OH is 1. The van der Waals surface area contributed by atoms with Crippen molar-refractivity contribution in [3.05, 3.63) is 34.9 Å². The lowest BCUT2D eigenvalue weighted by atomic mass is 9.99. The van der Waals surface area contributed by atoms with E-state index < -0.39 is 0 Å². The summed E-state index contributed by atoms with van der Waals surface area (Å²) in [4.78, 5) is 12.4. The third kappa shape index (κ3) is 3.38. The van der Waals surface area contributed by atoms with Crippen molar-refractivity contribution in [3.63, 3.8) is 0 Å². The van der Waals surface area contributed by atoms with Crippen molar-refractivity contribution in [2.75, 3.05) is 19.8 Å². The zero-order valence-electron chi connectivity index (χ0n) is 11.8. The molecule has 20 heavy (non-hydrogen) atoms. The third-order valence-corrected chi connectivity index (χ3v) is 3.36. The minimum absolute atomic E-state index is 0.149. The Morgan fingerprint density at radius 2 is 2.35 bits per heavy atom. The van der Waals surface area contributed by atoms with Gasteiger partial charge >= 0.3 is 0 Å². The zero-order valence-corrected chi connectivity index (χ0v) is 11.8. The summed E-state index contributed by atoms with van der Waals surface area (Å²) in [5.74, 6) is 5.25. The van der Waals surface area contributed by atoms with Crippen LogP contribution in [0.1, 0.15) is 34.8 Å². The van der Waals surface area contributed by atoms with Gasteiger partial charge in [-0.15, -0.1) is 0 Å². The second-order valence-corrected chi connectivity index (χ2v) is 5.33. The van der Waals surface area contributed by atoms with E-state index >= 15 is 0 Å². The molecule has 2 N–H and O–H groups in total. The maximum absolute atomic E-state index is 12.4. The highest BCUT2D eigenvalue weighted by molar-refractivity contribution is 5.97. The summed E-state index contributed by atoms with van der Waals surface area (Å²) < 4.78 is 5.34. The van der Waals surface area contributed by atoms with Crippen LogP contribution in [0.5, 0.6) is 0 Å². The molecule has 1 saturated heterocycles. The standard InChI is InChI=1S/C16H19NO3/c1-12-5-6-13(4-3-8-18)14(10-12)15(19)17-16(2)7-9-20-11-16/h5-6,10,18H,7-9,11H2,1-2H3,(H,17,19). The van der Waals surface area contributed by atoms with Crippen molar-refractivity contribution < 1.29 is 14.6 Å². The first kappa shape index (κ1) is 14.6. The Bertz CT molecular complexity index is 563. The van der Waals surface area contributed by atoms with Gasteiger partial charge in [0.05, 0.1) is 17.7 Å². The molecule has 0 bridgehead atoms. The van der Waals surface area contributed by atoms with E-state index in [0.29, 0.717) is 24.3 Å². The number of ether oxygens (including phenoxy) is 1. The van der Waals surface area contributed by atoms with Gasteiger partial charge in [0.2, 0.25) is 0 Å². The van der Waals surface area contributed by atoms with Crippen molar-refractivity contribution in [3.8, 4) is 11.8 Å². The first-order valence-corrected chi connectivity index (χ1v) is 6.65. The van der Waals surface area contributed by atoms with Crippen LogP contribution in [0.3, 0.4) is 0 Å². The first-order valence-electron chi connectivity index (χ1n) is 6.65. The Morgan fingerprint density at radius 3 is 3.00 bits per heavy atom. The molecule has 1 amide bonds. The van der Waals surface area contributed by atoms with E-state index in [1.165, 1.54) is 0 Å². The summed E-state index contributed by atoms with van der Waals surface area (Å²) >= 11 is 0. The van der Waals surface area contributed by atoms with Crippen LogP contribution in [0, 0.1) is 18.8 Å². The fourth-order valence-electron chi connectivity index (χ4n) is 2.20. The van der Waals surface area contributed by atoms with Crippen molar-refractivity contribution in [1.82, 2.24) is 5.32 Å². The predicted molar refractivity (Wildman–Crippen MR) is 76.5 cm³/mol. The van der Waals surface area contributed by atoms with Gasteiger partial charge in [0, 0.05) is 12.2 Å². The zero-order chi connectivity index (χ0) is 14.6. The second-order valence-electron chi connectivity index (χ2n) is 5.33. The normalized spacial score (nSPS) is 21.1. The van der Waals surface area contributed by atoms with Gasteiger partial charge in [-0.1, -0.05) is 23.5 Å². The van der Waals surface area contributed by atoms with Gasteiger partial charge in [-0.3, -0.25) is 4.79 Å². The van der Waals surface area contributed by atoms with Crippen LogP contribution in [-0.2, 0) is 4.74 Å². The summed E-state index contributed by atoms with van der Waals surface area (Å²) in [5.41, 5.74) is 1.85. The maximum Gasteiger partial charge on any atom is 0.253 e. The van der Waals surface area contributed by atoms with Crippen LogP contribution in [-0.4, -0.2) is 36.4 Å². The Kier molecular flexibility index (Phi) is 4.43. The molecule has 0 spiro atoms. The number of nitrogens with one attached hydrogen (secondary N) is 1. The topological polar surface area (TPSA) is 58.6 Å². The van der Waals surface area contributed by atoms with Gasteiger partial charge in [-0.05, 0) is 32.4 Å². The number of hydrogen-bond donors (Lipinski definition) is 2. The van der Waals surface area contributed by atoms with E-state index in [2.05, 4.69) is 17.2 Å². The Hall–Kier alpha value is -1.83. The van der Waals surface area contributed by atoms with Crippen LogP contribution in [0.15, 0.2) is 18.2 Å². The summed E-state index contributed by atoms with van der Waals surface area (Å²) in [5, 5.41) is 11.8. The summed E-state index contributed by atoms with van der Waals surface area (Å²) in [7, 11) is 0. The van der Waals surface area contributed by atoms with E-state index in [0.717, 1.165) is 12.0 Å². The summed E-state index contributed by atoms with van der Waals surface area (Å²) in [6.45, 7) is 4.89. The van der Waals surface area contributed by atoms with Crippen LogP contribution in [0.4, 0.5) is 0 Å². The Morgan fingerprint density at radius 1 is 1.55 bits per heavy atom. The van der Waals surface area contributed by atoms with Gasteiger partial charge in [0.25, 0.3) is 5.91 Å². The molecule has 1 atom stereocenters. The van der Waals surface area contributed by atoms with E-state index in [1.807, 2.05) is 26.0 Å². The summed E-state index contributed by atoms with van der Waals surface area (Å²) in [6.07, 6.45) is 0.808. The molecule has 4 heteroatoms. The number of aryl methyl sites for hydroxylation is 1. The van der Waals surface area contributed by atoms with E-state index in [1.54, 1.807) is 6.07 Å². The number of rotatable bonds is 2. The molecule has 1 aliphatic heterocycles. The fourth-order valence-corrected chi connectivity index (χ4v) is 2.20. The fraction of sp³-hybridized carbons (Fsp3) is 0.438. The van der Waals surface area contributed by atoms with Gasteiger partial charge < -0.3 is 15.2 Å². The monoisotopic (exact) mass is 273 g/mol. The summed E-state index contributed by atoms with van der Waals surface area (Å²) in [6, 6.07) is 5.52. The van der Waals surface area contributed by atoms with Crippen LogP contribution in [0.25, 0.3) is 0 Å². The smallest absolute Gasteiger partial charge is 0.253 e. The molecule has 0 saturated carbocycles. The highest BCUT2D eigenvalue weighted by Crippen LogP contribution is 2.19. The molecule has 106 valence electrons. The minimum Gasteiger partial charge on any atom is -0.384 e. The number of aliphatic hydroxyl groups is 1. The molecule has 4 nitrogen and oxygen atoms in total. The minimum atomic E-state index is -0.317. The number of hydrogen-bond acceptors (Lipinski definition) is 3. The van der Waals surface area contributed by atoms with E-state index in [-0.39, 0.29) is 18.1 Å². The van der Waals surface area contributed by atoms with Crippen molar-refractivity contribution in [1.29, 1.82) is 0 Å². The molecule has 1 heterocycles. The van der Waals surface area contributed by atoms with E-state index in [4.69, 9.17) is 9.84 Å². The average molecular weight is 273 g/mol. The molecular weight excluding hydrogens is 254 g/mol. The third-order valence-electron chi connectivity index (χ3n) is 3.36. The molecule has 1 aromatic carbocycles. The lowest BCUT2D eigenvalue weighted by molar-refractivity contribution is 0.0889. The van der Waals surface area contributed by atoms with Gasteiger partial charge in [-0.25, -0.2) is 0 Å².